The Labute approximate surface area is 311 Å². The molecule has 0 unspecified atom stereocenters. The predicted octanol–water partition coefficient (Wildman–Crippen LogP) is 9.02. The molecule has 2 amide bonds. The molecule has 0 radical (unpaired) electrons. The van der Waals surface area contributed by atoms with E-state index in [0.29, 0.717) is 68.0 Å². The van der Waals surface area contributed by atoms with Gasteiger partial charge in [-0.05, 0) is 73.2 Å². The minimum Gasteiger partial charge on any atom is -0.356 e. The molecule has 51 heavy (non-hydrogen) atoms. The van der Waals surface area contributed by atoms with Crippen LogP contribution in [0.5, 0.6) is 0 Å². The van der Waals surface area contributed by atoms with Crippen molar-refractivity contribution in [3.05, 3.63) is 117 Å². The number of fused-ring (bicyclic) bond motifs is 1. The van der Waals surface area contributed by atoms with Crippen molar-refractivity contribution in [1.29, 1.82) is 0 Å². The second-order valence-electron chi connectivity index (χ2n) is 12.9. The largest absolute Gasteiger partial charge is 0.356 e. The lowest BCUT2D eigenvalue weighted by Gasteiger charge is -2.33. The Morgan fingerprint density at radius 1 is 0.941 bits per heavy atom. The Morgan fingerprint density at radius 2 is 1.73 bits per heavy atom. The Morgan fingerprint density at radius 3 is 2.47 bits per heavy atom. The van der Waals surface area contributed by atoms with Gasteiger partial charge in [0.25, 0.3) is 5.91 Å². The van der Waals surface area contributed by atoms with Crippen LogP contribution >= 0.6 is 34.8 Å². The van der Waals surface area contributed by atoms with Gasteiger partial charge in [0.05, 0.1) is 29.9 Å². The molecule has 260 valence electrons. The Hall–Kier alpha value is -4.83. The van der Waals surface area contributed by atoms with E-state index in [9.17, 15) is 9.59 Å². The van der Waals surface area contributed by atoms with Crippen molar-refractivity contribution in [3.63, 3.8) is 0 Å². The zero-order chi connectivity index (χ0) is 35.6. The molecule has 1 saturated heterocycles. The smallest absolute Gasteiger partial charge is 0.272 e. The summed E-state index contributed by atoms with van der Waals surface area (Å²) in [5.41, 5.74) is 6.56. The van der Waals surface area contributed by atoms with Crippen LogP contribution < -0.4 is 15.5 Å². The summed E-state index contributed by atoms with van der Waals surface area (Å²) in [5, 5.41) is 8.58. The van der Waals surface area contributed by atoms with Gasteiger partial charge < -0.3 is 25.1 Å². The molecule has 0 bridgehead atoms. The van der Waals surface area contributed by atoms with E-state index in [-0.39, 0.29) is 11.8 Å². The molecule has 6 aromatic rings. The molecule has 0 saturated carbocycles. The van der Waals surface area contributed by atoms with E-state index in [1.807, 2.05) is 78.2 Å². The van der Waals surface area contributed by atoms with E-state index in [4.69, 9.17) is 44.8 Å². The maximum absolute atomic E-state index is 14.6. The van der Waals surface area contributed by atoms with Crippen LogP contribution in [0.2, 0.25) is 15.1 Å². The van der Waals surface area contributed by atoms with Crippen molar-refractivity contribution < 1.29 is 9.59 Å². The number of aromatic nitrogens is 4. The Bertz CT molecular complexity index is 2220. The Kier molecular flexibility index (Phi) is 10.0. The summed E-state index contributed by atoms with van der Waals surface area (Å²) in [6.45, 7) is 6.08. The third-order valence-electron chi connectivity index (χ3n) is 9.41. The molecule has 3 N–H and O–H groups in total. The molecule has 7 rings (SSSR count). The zero-order valence-corrected chi connectivity index (χ0v) is 30.4. The monoisotopic (exact) mass is 739 g/mol. The van der Waals surface area contributed by atoms with E-state index < -0.39 is 0 Å². The molecule has 1 aliphatic rings. The fourth-order valence-electron chi connectivity index (χ4n) is 6.83. The number of carbonyl (C=O) groups excluding carboxylic acids is 2. The van der Waals surface area contributed by atoms with E-state index in [1.54, 1.807) is 18.6 Å². The van der Waals surface area contributed by atoms with Crippen molar-refractivity contribution in [1.82, 2.24) is 24.8 Å². The summed E-state index contributed by atoms with van der Waals surface area (Å²) < 4.78 is 2.03. The number of rotatable bonds is 9. The van der Waals surface area contributed by atoms with Gasteiger partial charge in [0.1, 0.15) is 5.69 Å². The number of benzene rings is 3. The number of hydrogen-bond acceptors (Lipinski definition) is 5. The summed E-state index contributed by atoms with van der Waals surface area (Å²) in [7, 11) is 0. The van der Waals surface area contributed by atoms with Crippen molar-refractivity contribution in [2.45, 2.75) is 33.2 Å². The molecule has 9 nitrogen and oxygen atoms in total. The highest BCUT2D eigenvalue weighted by Crippen LogP contribution is 2.41. The Balaban J connectivity index is 1.30. The molecule has 4 heterocycles. The number of anilines is 2. The van der Waals surface area contributed by atoms with Crippen LogP contribution in [-0.4, -0.2) is 51.0 Å². The van der Waals surface area contributed by atoms with Gasteiger partial charge in [0.2, 0.25) is 5.91 Å². The van der Waals surface area contributed by atoms with Crippen LogP contribution in [0.4, 0.5) is 11.5 Å². The summed E-state index contributed by atoms with van der Waals surface area (Å²) in [6, 6.07) is 22.8. The number of H-pyrrole nitrogens is 1. The van der Waals surface area contributed by atoms with Gasteiger partial charge in [-0.25, -0.2) is 9.97 Å². The SMILES string of the molecule is CC(=O)NCC1CCN(c2ncccc2NC(=O)c2[nH]c3cc(Cl)ccc3c2-c2c(-c3ccccc3)ncn2Cc2c(C)cc(Cl)cc2Cl)CC1. The van der Waals surface area contributed by atoms with E-state index in [0.717, 1.165) is 53.7 Å². The van der Waals surface area contributed by atoms with E-state index in [2.05, 4.69) is 20.5 Å². The molecular weight excluding hydrogens is 705 g/mol. The average molecular weight is 741 g/mol. The number of aryl methyl sites for hydroxylation is 1. The van der Waals surface area contributed by atoms with Crippen LogP contribution in [0.3, 0.4) is 0 Å². The van der Waals surface area contributed by atoms with Gasteiger partial charge in [-0.1, -0.05) is 71.2 Å². The number of pyridine rings is 1. The first-order chi connectivity index (χ1) is 24.7. The lowest BCUT2D eigenvalue weighted by Crippen LogP contribution is -2.39. The number of nitrogens with zero attached hydrogens (tertiary/aromatic N) is 4. The second-order valence-corrected chi connectivity index (χ2v) is 14.2. The highest BCUT2D eigenvalue weighted by atomic mass is 35.5. The van der Waals surface area contributed by atoms with E-state index >= 15 is 0 Å². The topological polar surface area (TPSA) is 108 Å². The molecule has 3 aromatic heterocycles. The van der Waals surface area contributed by atoms with Crippen molar-refractivity contribution >= 4 is 69.0 Å². The molecule has 0 atom stereocenters. The zero-order valence-electron chi connectivity index (χ0n) is 28.1. The molecule has 0 spiro atoms. The summed E-state index contributed by atoms with van der Waals surface area (Å²) in [4.78, 5) is 41.2. The summed E-state index contributed by atoms with van der Waals surface area (Å²) >= 11 is 19.6. The number of hydrogen-bond donors (Lipinski definition) is 3. The van der Waals surface area contributed by atoms with E-state index in [1.165, 1.54) is 6.92 Å². The second kappa shape index (κ2) is 14.8. The fraction of sp³-hybridized carbons (Fsp3) is 0.231. The molecular formula is C39H36Cl3N7O2. The van der Waals surface area contributed by atoms with Crippen LogP contribution in [0, 0.1) is 12.8 Å². The summed E-state index contributed by atoms with van der Waals surface area (Å²) in [5.74, 6) is 0.739. The van der Waals surface area contributed by atoms with Crippen molar-refractivity contribution in [2.24, 2.45) is 5.92 Å². The number of halogens is 3. The van der Waals surface area contributed by atoms with Crippen molar-refractivity contribution in [3.8, 4) is 22.5 Å². The van der Waals surface area contributed by atoms with Crippen LogP contribution in [0.25, 0.3) is 33.4 Å². The number of nitrogens with one attached hydrogen (secondary N) is 3. The average Bonchev–Trinajstić information content (AvgIpc) is 3.70. The standard InChI is InChI=1S/C39H36Cl3N7O2/c1-23-17-28(41)18-31(42)30(23)21-49-22-45-35(26-7-4-3-5-8-26)37(49)34-29-11-10-27(40)19-33(29)46-36(34)39(51)47-32-9-6-14-43-38(32)48-15-12-25(13-16-48)20-44-24(2)50/h3-11,14,17-19,22,25,46H,12-13,15-16,20-21H2,1-2H3,(H,44,50)(H,47,51). The first-order valence-corrected chi connectivity index (χ1v) is 17.9. The normalized spacial score (nSPS) is 13.5. The lowest BCUT2D eigenvalue weighted by molar-refractivity contribution is -0.119. The van der Waals surface area contributed by atoms with Gasteiger partial charge >= 0.3 is 0 Å². The van der Waals surface area contributed by atoms with Gasteiger partial charge in [-0.3, -0.25) is 9.59 Å². The maximum atomic E-state index is 14.6. The number of aromatic amines is 1. The fourth-order valence-corrected chi connectivity index (χ4v) is 7.66. The molecule has 0 aliphatic carbocycles. The number of amides is 2. The lowest BCUT2D eigenvalue weighted by atomic mass is 9.96. The first-order valence-electron chi connectivity index (χ1n) is 16.8. The predicted molar refractivity (Wildman–Crippen MR) is 206 cm³/mol. The minimum absolute atomic E-state index is 0.0198. The van der Waals surface area contributed by atoms with Gasteiger partial charge in [0.15, 0.2) is 5.82 Å². The molecule has 1 aliphatic heterocycles. The highest BCUT2D eigenvalue weighted by molar-refractivity contribution is 6.35. The van der Waals surface area contributed by atoms with Gasteiger partial charge in [-0.15, -0.1) is 0 Å². The van der Waals surface area contributed by atoms with Crippen LogP contribution in [0.15, 0.2) is 85.3 Å². The van der Waals surface area contributed by atoms with Crippen molar-refractivity contribution in [2.75, 3.05) is 29.9 Å². The minimum atomic E-state index is -0.334. The third kappa shape index (κ3) is 7.33. The molecule has 3 aromatic carbocycles. The van der Waals surface area contributed by atoms with Gasteiger partial charge in [-0.2, -0.15) is 0 Å². The summed E-state index contributed by atoms with van der Waals surface area (Å²) in [6.07, 6.45) is 5.33. The van der Waals surface area contributed by atoms with Crippen LogP contribution in [0.1, 0.15) is 41.4 Å². The number of imidazole rings is 1. The molecule has 12 heteroatoms. The van der Waals surface area contributed by atoms with Gasteiger partial charge in [0, 0.05) is 69.9 Å². The maximum Gasteiger partial charge on any atom is 0.272 e. The number of carbonyl (C=O) groups is 2. The first kappa shape index (κ1) is 34.6. The quantitative estimate of drug-likeness (QED) is 0.137. The highest BCUT2D eigenvalue weighted by Gasteiger charge is 2.28. The number of piperidine rings is 1. The third-order valence-corrected chi connectivity index (χ3v) is 10.2. The molecule has 1 fully saturated rings. The van der Waals surface area contributed by atoms with Crippen LogP contribution in [-0.2, 0) is 11.3 Å².